The maximum Gasteiger partial charge on any atom is 0.243 e. The average molecular weight is 294 g/mol. The molecule has 0 N–H and O–H groups in total. The summed E-state index contributed by atoms with van der Waals surface area (Å²) in [5.41, 5.74) is 0. The molecule has 0 unspecified atom stereocenters. The zero-order chi connectivity index (χ0) is 12.5. The van der Waals surface area contributed by atoms with Gasteiger partial charge in [0, 0.05) is 12.3 Å². The number of thioether (sulfide) groups is 1. The number of sulfonamides is 1. The summed E-state index contributed by atoms with van der Waals surface area (Å²) in [6.45, 7) is 0.552. The van der Waals surface area contributed by atoms with E-state index in [1.165, 1.54) is 23.5 Å². The van der Waals surface area contributed by atoms with Gasteiger partial charge in [-0.3, -0.25) is 0 Å². The van der Waals surface area contributed by atoms with E-state index < -0.39 is 10.0 Å². The van der Waals surface area contributed by atoms with Crippen molar-refractivity contribution in [2.24, 2.45) is 0 Å². The standard InChI is InChI=1S/C10H12ClNO3S2/c1-15-10-3-2-8(6-9(10)11)17(13,14)12-4-5-16-7-12/h2-3,6H,4-5,7H2,1H3. The highest BCUT2D eigenvalue weighted by Gasteiger charge is 2.27. The van der Waals surface area contributed by atoms with Gasteiger partial charge in [0.2, 0.25) is 10.0 Å². The van der Waals surface area contributed by atoms with Crippen molar-refractivity contribution in [2.45, 2.75) is 4.90 Å². The number of ether oxygens (including phenoxy) is 1. The Hall–Kier alpha value is -0.430. The van der Waals surface area contributed by atoms with E-state index in [2.05, 4.69) is 0 Å². The van der Waals surface area contributed by atoms with Gasteiger partial charge in [-0.1, -0.05) is 11.6 Å². The lowest BCUT2D eigenvalue weighted by Crippen LogP contribution is -2.28. The summed E-state index contributed by atoms with van der Waals surface area (Å²) in [7, 11) is -1.92. The summed E-state index contributed by atoms with van der Waals surface area (Å²) in [5, 5.41) is 0.306. The van der Waals surface area contributed by atoms with Gasteiger partial charge in [-0.25, -0.2) is 8.42 Å². The molecule has 0 aromatic heterocycles. The van der Waals surface area contributed by atoms with Gasteiger partial charge in [0.15, 0.2) is 0 Å². The van der Waals surface area contributed by atoms with E-state index in [0.29, 0.717) is 23.2 Å². The molecule has 0 spiro atoms. The van der Waals surface area contributed by atoms with Crippen LogP contribution in [0.3, 0.4) is 0 Å². The van der Waals surface area contributed by atoms with Crippen LogP contribution in [0.1, 0.15) is 0 Å². The van der Waals surface area contributed by atoms with Crippen molar-refractivity contribution in [3.05, 3.63) is 23.2 Å². The van der Waals surface area contributed by atoms with Gasteiger partial charge in [-0.05, 0) is 18.2 Å². The Morgan fingerprint density at radius 2 is 2.24 bits per heavy atom. The molecule has 94 valence electrons. The van der Waals surface area contributed by atoms with Gasteiger partial charge in [0.25, 0.3) is 0 Å². The molecular weight excluding hydrogens is 282 g/mol. The van der Waals surface area contributed by atoms with Gasteiger partial charge in [-0.2, -0.15) is 4.31 Å². The number of hydrogen-bond donors (Lipinski definition) is 0. The smallest absolute Gasteiger partial charge is 0.243 e. The number of rotatable bonds is 3. The summed E-state index contributed by atoms with van der Waals surface area (Å²) in [6.07, 6.45) is 0. The van der Waals surface area contributed by atoms with E-state index in [9.17, 15) is 8.42 Å². The number of hydrogen-bond acceptors (Lipinski definition) is 4. The van der Waals surface area contributed by atoms with Crippen LogP contribution in [-0.2, 0) is 10.0 Å². The molecule has 0 amide bonds. The van der Waals surface area contributed by atoms with Crippen molar-refractivity contribution in [1.82, 2.24) is 4.31 Å². The lowest BCUT2D eigenvalue weighted by Gasteiger charge is -2.15. The molecule has 1 saturated heterocycles. The number of methoxy groups -OCH3 is 1. The van der Waals surface area contributed by atoms with Crippen LogP contribution in [0, 0.1) is 0 Å². The second kappa shape index (κ2) is 5.06. The fourth-order valence-corrected chi connectivity index (χ4v) is 4.71. The van der Waals surface area contributed by atoms with Crippen molar-refractivity contribution in [3.63, 3.8) is 0 Å². The summed E-state index contributed by atoms with van der Waals surface area (Å²) >= 11 is 7.53. The molecule has 0 aliphatic carbocycles. The predicted octanol–water partition coefficient (Wildman–Crippen LogP) is 2.04. The third kappa shape index (κ3) is 2.54. The van der Waals surface area contributed by atoms with Crippen LogP contribution in [-0.4, -0.2) is 38.0 Å². The van der Waals surface area contributed by atoms with Crippen molar-refractivity contribution >= 4 is 33.4 Å². The minimum atomic E-state index is -3.41. The molecule has 7 heteroatoms. The van der Waals surface area contributed by atoms with Crippen molar-refractivity contribution in [1.29, 1.82) is 0 Å². The quantitative estimate of drug-likeness (QED) is 0.856. The molecule has 0 radical (unpaired) electrons. The molecule has 1 aromatic rings. The molecule has 1 heterocycles. The minimum Gasteiger partial charge on any atom is -0.495 e. The molecular formula is C10H12ClNO3S2. The van der Waals surface area contributed by atoms with E-state index in [0.717, 1.165) is 5.75 Å². The van der Waals surface area contributed by atoms with Gasteiger partial charge in [0.05, 0.1) is 22.9 Å². The highest BCUT2D eigenvalue weighted by atomic mass is 35.5. The predicted molar refractivity (Wildman–Crippen MR) is 69.2 cm³/mol. The second-order valence-corrected chi connectivity index (χ2v) is 6.93. The lowest BCUT2D eigenvalue weighted by atomic mass is 10.3. The largest absolute Gasteiger partial charge is 0.495 e. The zero-order valence-electron chi connectivity index (χ0n) is 9.22. The molecule has 4 nitrogen and oxygen atoms in total. The van der Waals surface area contributed by atoms with E-state index in [-0.39, 0.29) is 4.90 Å². The number of nitrogens with zero attached hydrogens (tertiary/aromatic N) is 1. The lowest BCUT2D eigenvalue weighted by molar-refractivity contribution is 0.414. The third-order valence-electron chi connectivity index (χ3n) is 2.48. The first kappa shape index (κ1) is 13.0. The summed E-state index contributed by atoms with van der Waals surface area (Å²) in [4.78, 5) is 0.214. The minimum absolute atomic E-state index is 0.214. The fraction of sp³-hybridized carbons (Fsp3) is 0.400. The Bertz CT molecular complexity index is 512. The van der Waals surface area contributed by atoms with E-state index in [4.69, 9.17) is 16.3 Å². The molecule has 0 bridgehead atoms. The molecule has 1 aliphatic rings. The second-order valence-electron chi connectivity index (χ2n) is 3.51. The van der Waals surface area contributed by atoms with E-state index >= 15 is 0 Å². The first-order valence-corrected chi connectivity index (χ1v) is 7.94. The Morgan fingerprint density at radius 1 is 1.47 bits per heavy atom. The maximum atomic E-state index is 12.2. The van der Waals surface area contributed by atoms with Crippen LogP contribution in [0.5, 0.6) is 5.75 Å². The van der Waals surface area contributed by atoms with Gasteiger partial charge < -0.3 is 4.74 Å². The summed E-state index contributed by atoms with van der Waals surface area (Å²) < 4.78 is 30.8. The molecule has 0 atom stereocenters. The SMILES string of the molecule is COc1ccc(S(=O)(=O)N2CCSC2)cc1Cl. The van der Waals surface area contributed by atoms with Gasteiger partial charge in [-0.15, -0.1) is 11.8 Å². The van der Waals surface area contributed by atoms with Crippen LogP contribution in [0.25, 0.3) is 0 Å². The fourth-order valence-electron chi connectivity index (χ4n) is 1.54. The number of halogens is 1. The maximum absolute atomic E-state index is 12.2. The topological polar surface area (TPSA) is 46.6 Å². The van der Waals surface area contributed by atoms with Crippen molar-refractivity contribution in [3.8, 4) is 5.75 Å². The van der Waals surface area contributed by atoms with Crippen LogP contribution < -0.4 is 4.74 Å². The summed E-state index contributed by atoms with van der Waals surface area (Å²) in [6, 6.07) is 4.51. The molecule has 1 fully saturated rings. The van der Waals surface area contributed by atoms with Gasteiger partial charge >= 0.3 is 0 Å². The summed E-state index contributed by atoms with van der Waals surface area (Å²) in [5.74, 6) is 1.82. The molecule has 2 rings (SSSR count). The van der Waals surface area contributed by atoms with E-state index in [1.807, 2.05) is 0 Å². The van der Waals surface area contributed by atoms with E-state index in [1.54, 1.807) is 17.8 Å². The third-order valence-corrected chi connectivity index (χ3v) is 5.75. The van der Waals surface area contributed by atoms with Crippen LogP contribution in [0.2, 0.25) is 5.02 Å². The van der Waals surface area contributed by atoms with Gasteiger partial charge in [0.1, 0.15) is 5.75 Å². The molecule has 1 aliphatic heterocycles. The van der Waals surface area contributed by atoms with Crippen LogP contribution in [0.4, 0.5) is 0 Å². The number of benzene rings is 1. The molecule has 17 heavy (non-hydrogen) atoms. The highest BCUT2D eigenvalue weighted by Crippen LogP contribution is 2.30. The Labute approximate surface area is 110 Å². The molecule has 1 aromatic carbocycles. The van der Waals surface area contributed by atoms with Crippen molar-refractivity contribution in [2.75, 3.05) is 25.3 Å². The Morgan fingerprint density at radius 3 is 2.76 bits per heavy atom. The van der Waals surface area contributed by atoms with Crippen molar-refractivity contribution < 1.29 is 13.2 Å². The molecule has 0 saturated carbocycles. The van der Waals surface area contributed by atoms with Crippen LogP contribution in [0.15, 0.2) is 23.1 Å². The monoisotopic (exact) mass is 293 g/mol. The zero-order valence-corrected chi connectivity index (χ0v) is 11.6. The highest BCUT2D eigenvalue weighted by molar-refractivity contribution is 8.00. The first-order valence-electron chi connectivity index (χ1n) is 4.97. The van der Waals surface area contributed by atoms with Crippen LogP contribution >= 0.6 is 23.4 Å². The normalized spacial score (nSPS) is 17.3. The average Bonchev–Trinajstić information content (AvgIpc) is 2.83. The Balaban J connectivity index is 2.36. The Kier molecular flexibility index (Phi) is 3.87. The first-order chi connectivity index (χ1) is 8.05.